The van der Waals surface area contributed by atoms with Crippen molar-refractivity contribution >= 4 is 23.3 Å². The minimum Gasteiger partial charge on any atom is -0.360 e. The van der Waals surface area contributed by atoms with Crippen LogP contribution in [0.1, 0.15) is 23.8 Å². The van der Waals surface area contributed by atoms with Gasteiger partial charge in [0.15, 0.2) is 5.82 Å². The average molecular weight is 301 g/mol. The lowest BCUT2D eigenvalue weighted by molar-refractivity contribution is -0.120. The minimum absolute atomic E-state index is 0.0792. The highest BCUT2D eigenvalue weighted by Crippen LogP contribution is 2.19. The fourth-order valence-corrected chi connectivity index (χ4v) is 2.24. The van der Waals surface area contributed by atoms with E-state index in [1.165, 1.54) is 11.8 Å². The second-order valence-corrected chi connectivity index (χ2v) is 5.32. The Balaban J connectivity index is 2.14. The molecule has 0 radical (unpaired) electrons. The van der Waals surface area contributed by atoms with Gasteiger partial charge in [-0.2, -0.15) is 0 Å². The third-order valence-corrected chi connectivity index (χ3v) is 3.10. The van der Waals surface area contributed by atoms with E-state index in [1.807, 2.05) is 32.0 Å². The minimum atomic E-state index is -0.331. The predicted molar refractivity (Wildman–Crippen MR) is 83.8 cm³/mol. The van der Waals surface area contributed by atoms with E-state index in [-0.39, 0.29) is 18.4 Å². The molecule has 0 unspecified atom stereocenters. The molecule has 1 N–H and O–H groups in total. The molecule has 1 aromatic carbocycles. The molecule has 0 aliphatic heterocycles. The van der Waals surface area contributed by atoms with Gasteiger partial charge in [-0.3, -0.25) is 9.59 Å². The highest BCUT2D eigenvalue weighted by atomic mass is 16.5. The first kappa shape index (κ1) is 15.8. The van der Waals surface area contributed by atoms with Crippen molar-refractivity contribution in [2.24, 2.45) is 0 Å². The number of hydrogen-bond acceptors (Lipinski definition) is 4. The van der Waals surface area contributed by atoms with E-state index in [1.54, 1.807) is 13.0 Å². The van der Waals surface area contributed by atoms with Gasteiger partial charge < -0.3 is 14.7 Å². The molecule has 0 atom stereocenters. The first-order valence-corrected chi connectivity index (χ1v) is 6.94. The molecule has 2 rings (SSSR count). The maximum absolute atomic E-state index is 12.1. The molecule has 0 fully saturated rings. The van der Waals surface area contributed by atoms with Crippen molar-refractivity contribution in [1.82, 2.24) is 5.16 Å². The number of nitrogens with one attached hydrogen (secondary N) is 1. The number of carbonyl (C=O) groups excluding carboxylic acids is 2. The van der Waals surface area contributed by atoms with Crippen LogP contribution in [0.4, 0.5) is 11.5 Å². The van der Waals surface area contributed by atoms with E-state index in [0.29, 0.717) is 17.3 Å². The monoisotopic (exact) mass is 301 g/mol. The fraction of sp³-hybridized carbons (Fsp3) is 0.312. The molecule has 2 aromatic rings. The average Bonchev–Trinajstić information content (AvgIpc) is 2.79. The summed E-state index contributed by atoms with van der Waals surface area (Å²) in [4.78, 5) is 25.4. The molecule has 22 heavy (non-hydrogen) atoms. The summed E-state index contributed by atoms with van der Waals surface area (Å²) in [5.41, 5.74) is 2.78. The lowest BCUT2D eigenvalue weighted by Gasteiger charge is -2.21. The zero-order chi connectivity index (χ0) is 16.3. The second kappa shape index (κ2) is 6.43. The van der Waals surface area contributed by atoms with Crippen molar-refractivity contribution in [3.05, 3.63) is 41.2 Å². The third kappa shape index (κ3) is 3.94. The number of nitrogens with zero attached hydrogens (tertiary/aromatic N) is 2. The van der Waals surface area contributed by atoms with Gasteiger partial charge in [0.2, 0.25) is 11.8 Å². The number of aromatic nitrogens is 1. The van der Waals surface area contributed by atoms with Gasteiger partial charge in [0.1, 0.15) is 12.3 Å². The summed E-state index contributed by atoms with van der Waals surface area (Å²) in [5.74, 6) is 0.415. The third-order valence-electron chi connectivity index (χ3n) is 3.10. The SMILES string of the molecule is CC(=O)N(CC(=O)Nc1cc(C)on1)c1cc(C)cc(C)c1. The number of carbonyl (C=O) groups is 2. The molecule has 6 nitrogen and oxygen atoms in total. The first-order valence-electron chi connectivity index (χ1n) is 6.94. The van der Waals surface area contributed by atoms with Gasteiger partial charge in [-0.1, -0.05) is 11.2 Å². The number of amides is 2. The molecule has 0 aliphatic carbocycles. The summed E-state index contributed by atoms with van der Waals surface area (Å²) in [6, 6.07) is 7.39. The summed E-state index contributed by atoms with van der Waals surface area (Å²) in [5, 5.41) is 6.31. The highest BCUT2D eigenvalue weighted by molar-refractivity contribution is 6.01. The Bertz CT molecular complexity index is 686. The maximum Gasteiger partial charge on any atom is 0.245 e. The van der Waals surface area contributed by atoms with Crippen LogP contribution in [-0.2, 0) is 9.59 Å². The molecular weight excluding hydrogens is 282 g/mol. The molecule has 0 aliphatic rings. The number of aryl methyl sites for hydroxylation is 3. The predicted octanol–water partition coefficient (Wildman–Crippen LogP) is 2.59. The Morgan fingerprint density at radius 2 is 1.77 bits per heavy atom. The standard InChI is InChI=1S/C16H19N3O3/c1-10-5-11(2)7-14(6-10)19(13(4)20)9-16(21)17-15-8-12(3)22-18-15/h5-8H,9H2,1-4H3,(H,17,18,21). The number of benzene rings is 1. The second-order valence-electron chi connectivity index (χ2n) is 5.32. The summed E-state index contributed by atoms with van der Waals surface area (Å²) < 4.78 is 4.89. The van der Waals surface area contributed by atoms with E-state index >= 15 is 0 Å². The first-order chi connectivity index (χ1) is 10.3. The molecule has 2 amide bonds. The zero-order valence-corrected chi connectivity index (χ0v) is 13.1. The fourth-order valence-electron chi connectivity index (χ4n) is 2.24. The Labute approximate surface area is 129 Å². The summed E-state index contributed by atoms with van der Waals surface area (Å²) in [6.45, 7) is 7.00. The van der Waals surface area contributed by atoms with Crippen LogP contribution in [0.3, 0.4) is 0 Å². The largest absolute Gasteiger partial charge is 0.360 e. The lowest BCUT2D eigenvalue weighted by Crippen LogP contribution is -2.36. The molecule has 0 saturated carbocycles. The van der Waals surface area contributed by atoms with Crippen molar-refractivity contribution in [3.8, 4) is 0 Å². The van der Waals surface area contributed by atoms with Crippen LogP contribution in [0.15, 0.2) is 28.8 Å². The molecule has 116 valence electrons. The molecular formula is C16H19N3O3. The van der Waals surface area contributed by atoms with Crippen LogP contribution in [0.2, 0.25) is 0 Å². The van der Waals surface area contributed by atoms with E-state index in [4.69, 9.17) is 4.52 Å². The summed E-state index contributed by atoms with van der Waals surface area (Å²) >= 11 is 0. The van der Waals surface area contributed by atoms with Crippen molar-refractivity contribution in [3.63, 3.8) is 0 Å². The molecule has 0 saturated heterocycles. The van der Waals surface area contributed by atoms with Gasteiger partial charge in [0.05, 0.1) is 0 Å². The molecule has 0 spiro atoms. The van der Waals surface area contributed by atoms with Gasteiger partial charge in [0.25, 0.3) is 0 Å². The van der Waals surface area contributed by atoms with Gasteiger partial charge in [-0.05, 0) is 44.0 Å². The van der Waals surface area contributed by atoms with Crippen molar-refractivity contribution < 1.29 is 14.1 Å². The summed E-state index contributed by atoms with van der Waals surface area (Å²) in [6.07, 6.45) is 0. The Hall–Kier alpha value is -2.63. The Kier molecular flexibility index (Phi) is 4.60. The van der Waals surface area contributed by atoms with Crippen molar-refractivity contribution in [2.45, 2.75) is 27.7 Å². The number of rotatable bonds is 4. The maximum atomic E-state index is 12.1. The van der Waals surface area contributed by atoms with Gasteiger partial charge in [0, 0.05) is 18.7 Å². The van der Waals surface area contributed by atoms with Gasteiger partial charge >= 0.3 is 0 Å². The van der Waals surface area contributed by atoms with Crippen LogP contribution in [0.25, 0.3) is 0 Å². The molecule has 1 heterocycles. The number of hydrogen-bond donors (Lipinski definition) is 1. The van der Waals surface area contributed by atoms with Crippen LogP contribution in [0.5, 0.6) is 0 Å². The van der Waals surface area contributed by atoms with E-state index in [2.05, 4.69) is 10.5 Å². The van der Waals surface area contributed by atoms with Crippen LogP contribution in [-0.4, -0.2) is 23.5 Å². The quantitative estimate of drug-likeness (QED) is 0.941. The lowest BCUT2D eigenvalue weighted by atomic mass is 10.1. The summed E-state index contributed by atoms with van der Waals surface area (Å²) in [7, 11) is 0. The van der Waals surface area contributed by atoms with Crippen LogP contribution >= 0.6 is 0 Å². The zero-order valence-electron chi connectivity index (χ0n) is 13.1. The highest BCUT2D eigenvalue weighted by Gasteiger charge is 2.17. The molecule has 6 heteroatoms. The van der Waals surface area contributed by atoms with E-state index in [9.17, 15) is 9.59 Å². The van der Waals surface area contributed by atoms with Crippen LogP contribution < -0.4 is 10.2 Å². The van der Waals surface area contributed by atoms with E-state index in [0.717, 1.165) is 11.1 Å². The van der Waals surface area contributed by atoms with Crippen LogP contribution in [0, 0.1) is 20.8 Å². The molecule has 1 aromatic heterocycles. The normalized spacial score (nSPS) is 10.4. The Morgan fingerprint density at radius 1 is 1.14 bits per heavy atom. The van der Waals surface area contributed by atoms with E-state index < -0.39 is 0 Å². The van der Waals surface area contributed by atoms with Crippen molar-refractivity contribution in [1.29, 1.82) is 0 Å². The topological polar surface area (TPSA) is 75.4 Å². The smallest absolute Gasteiger partial charge is 0.245 e. The van der Waals surface area contributed by atoms with Crippen molar-refractivity contribution in [2.75, 3.05) is 16.8 Å². The Morgan fingerprint density at radius 3 is 2.27 bits per heavy atom. The van der Waals surface area contributed by atoms with Gasteiger partial charge in [-0.15, -0.1) is 0 Å². The molecule has 0 bridgehead atoms. The van der Waals surface area contributed by atoms with Gasteiger partial charge in [-0.25, -0.2) is 0 Å². The number of anilines is 2.